The molecule has 0 radical (unpaired) electrons. The molecule has 0 aliphatic carbocycles. The second-order valence-corrected chi connectivity index (χ2v) is 4.61. The lowest BCUT2D eigenvalue weighted by molar-refractivity contribution is 0.411. The second-order valence-electron chi connectivity index (χ2n) is 4.17. The van der Waals surface area contributed by atoms with Crippen LogP contribution in [0.1, 0.15) is 16.7 Å². The molecule has 2 aromatic carbocycles. The van der Waals surface area contributed by atoms with Crippen LogP contribution in [0.25, 0.3) is 5.57 Å². The van der Waals surface area contributed by atoms with Crippen LogP contribution in [-0.4, -0.2) is 7.11 Å². The molecular weight excluding hydrogens is 244 g/mol. The van der Waals surface area contributed by atoms with Gasteiger partial charge in [-0.2, -0.15) is 0 Å². The van der Waals surface area contributed by atoms with Crippen molar-refractivity contribution in [1.82, 2.24) is 0 Å². The van der Waals surface area contributed by atoms with E-state index in [0.717, 1.165) is 33.0 Å². The van der Waals surface area contributed by atoms with Crippen LogP contribution in [0.2, 0.25) is 5.02 Å². The molecule has 0 saturated carbocycles. The van der Waals surface area contributed by atoms with Crippen LogP contribution in [0.4, 0.5) is 0 Å². The van der Waals surface area contributed by atoms with E-state index in [1.165, 1.54) is 0 Å². The van der Waals surface area contributed by atoms with Gasteiger partial charge in [0.1, 0.15) is 5.75 Å². The van der Waals surface area contributed by atoms with Crippen LogP contribution < -0.4 is 4.74 Å². The van der Waals surface area contributed by atoms with Crippen molar-refractivity contribution in [3.8, 4) is 5.75 Å². The zero-order chi connectivity index (χ0) is 13.1. The Morgan fingerprint density at radius 1 is 1.06 bits per heavy atom. The fourth-order valence-corrected chi connectivity index (χ4v) is 2.01. The lowest BCUT2D eigenvalue weighted by Crippen LogP contribution is -1.91. The normalized spacial score (nSPS) is 10.2. The standard InChI is InChI=1S/C16H15ClO/c1-11-10-14(6-9-16(11)18-3)12(2)13-4-7-15(17)8-5-13/h4-10H,2H2,1,3H3. The minimum atomic E-state index is 0.734. The minimum absolute atomic E-state index is 0.734. The summed E-state index contributed by atoms with van der Waals surface area (Å²) >= 11 is 5.88. The predicted octanol–water partition coefficient (Wildman–Crippen LogP) is 4.72. The highest BCUT2D eigenvalue weighted by Gasteiger charge is 2.05. The molecule has 2 rings (SSSR count). The third-order valence-corrected chi connectivity index (χ3v) is 3.19. The molecule has 0 N–H and O–H groups in total. The van der Waals surface area contributed by atoms with E-state index in [1.54, 1.807) is 7.11 Å². The van der Waals surface area contributed by atoms with Gasteiger partial charge in [0.2, 0.25) is 0 Å². The molecule has 0 saturated heterocycles. The Balaban J connectivity index is 2.34. The van der Waals surface area contributed by atoms with Crippen LogP contribution in [0.15, 0.2) is 49.0 Å². The molecule has 0 unspecified atom stereocenters. The third-order valence-electron chi connectivity index (χ3n) is 2.94. The first-order valence-electron chi connectivity index (χ1n) is 5.71. The van der Waals surface area contributed by atoms with Gasteiger partial charge in [0.25, 0.3) is 0 Å². The minimum Gasteiger partial charge on any atom is -0.496 e. The number of benzene rings is 2. The molecule has 0 heterocycles. The van der Waals surface area contributed by atoms with Crippen molar-refractivity contribution in [2.45, 2.75) is 6.92 Å². The summed E-state index contributed by atoms with van der Waals surface area (Å²) in [5, 5.41) is 0.734. The molecule has 0 spiro atoms. The van der Waals surface area contributed by atoms with Crippen molar-refractivity contribution < 1.29 is 4.74 Å². The van der Waals surface area contributed by atoms with Crippen molar-refractivity contribution in [3.63, 3.8) is 0 Å². The summed E-state index contributed by atoms with van der Waals surface area (Å²) in [4.78, 5) is 0. The van der Waals surface area contributed by atoms with Gasteiger partial charge in [0, 0.05) is 5.02 Å². The molecule has 0 aliphatic rings. The summed E-state index contributed by atoms with van der Waals surface area (Å²) in [5.74, 6) is 0.891. The SMILES string of the molecule is C=C(c1ccc(Cl)cc1)c1ccc(OC)c(C)c1. The van der Waals surface area contributed by atoms with E-state index < -0.39 is 0 Å². The number of halogens is 1. The van der Waals surface area contributed by atoms with Crippen LogP contribution in [-0.2, 0) is 0 Å². The van der Waals surface area contributed by atoms with Gasteiger partial charge >= 0.3 is 0 Å². The Morgan fingerprint density at radius 2 is 1.67 bits per heavy atom. The molecule has 0 aromatic heterocycles. The number of hydrogen-bond acceptors (Lipinski definition) is 1. The van der Waals surface area contributed by atoms with Crippen LogP contribution in [0, 0.1) is 6.92 Å². The molecule has 18 heavy (non-hydrogen) atoms. The van der Waals surface area contributed by atoms with Gasteiger partial charge in [-0.15, -0.1) is 0 Å². The highest BCUT2D eigenvalue weighted by atomic mass is 35.5. The van der Waals surface area contributed by atoms with E-state index in [9.17, 15) is 0 Å². The molecule has 0 fully saturated rings. The van der Waals surface area contributed by atoms with Crippen molar-refractivity contribution in [1.29, 1.82) is 0 Å². The first-order valence-corrected chi connectivity index (χ1v) is 6.09. The lowest BCUT2D eigenvalue weighted by Gasteiger charge is -2.10. The topological polar surface area (TPSA) is 9.23 Å². The molecule has 0 bridgehead atoms. The van der Waals surface area contributed by atoms with E-state index >= 15 is 0 Å². The third kappa shape index (κ3) is 2.57. The molecular formula is C16H15ClO. The van der Waals surface area contributed by atoms with Crippen molar-refractivity contribution >= 4 is 17.2 Å². The summed E-state index contributed by atoms with van der Waals surface area (Å²) in [7, 11) is 1.68. The van der Waals surface area contributed by atoms with Gasteiger partial charge in [-0.1, -0.05) is 36.4 Å². The van der Waals surface area contributed by atoms with Gasteiger partial charge in [-0.25, -0.2) is 0 Å². The highest BCUT2D eigenvalue weighted by molar-refractivity contribution is 6.30. The zero-order valence-corrected chi connectivity index (χ0v) is 11.3. The Morgan fingerprint density at radius 3 is 2.22 bits per heavy atom. The maximum atomic E-state index is 5.88. The fourth-order valence-electron chi connectivity index (χ4n) is 1.88. The molecule has 0 aliphatic heterocycles. The number of rotatable bonds is 3. The molecule has 1 nitrogen and oxygen atoms in total. The molecule has 0 atom stereocenters. The number of aryl methyl sites for hydroxylation is 1. The van der Waals surface area contributed by atoms with E-state index in [4.69, 9.17) is 16.3 Å². The van der Waals surface area contributed by atoms with E-state index in [1.807, 2.05) is 43.3 Å². The van der Waals surface area contributed by atoms with E-state index in [0.29, 0.717) is 0 Å². The number of hydrogen-bond donors (Lipinski definition) is 0. The van der Waals surface area contributed by atoms with Crippen LogP contribution in [0.5, 0.6) is 5.75 Å². The Labute approximate surface area is 113 Å². The van der Waals surface area contributed by atoms with Crippen molar-refractivity contribution in [2.24, 2.45) is 0 Å². The first-order chi connectivity index (χ1) is 8.61. The second kappa shape index (κ2) is 5.28. The van der Waals surface area contributed by atoms with Gasteiger partial charge in [-0.3, -0.25) is 0 Å². The first kappa shape index (κ1) is 12.7. The summed E-state index contributed by atoms with van der Waals surface area (Å²) in [5.41, 5.74) is 4.25. The van der Waals surface area contributed by atoms with Gasteiger partial charge in [0.05, 0.1) is 7.11 Å². The summed E-state index contributed by atoms with van der Waals surface area (Å²) in [6.07, 6.45) is 0. The summed E-state index contributed by atoms with van der Waals surface area (Å²) < 4.78 is 5.25. The van der Waals surface area contributed by atoms with Crippen LogP contribution >= 0.6 is 11.6 Å². The Bertz CT molecular complexity index is 570. The van der Waals surface area contributed by atoms with Gasteiger partial charge in [0.15, 0.2) is 0 Å². The number of ether oxygens (including phenoxy) is 1. The monoisotopic (exact) mass is 258 g/mol. The largest absolute Gasteiger partial charge is 0.496 e. The van der Waals surface area contributed by atoms with Crippen molar-refractivity contribution in [2.75, 3.05) is 7.11 Å². The smallest absolute Gasteiger partial charge is 0.121 e. The molecule has 2 aromatic rings. The van der Waals surface area contributed by atoms with E-state index in [-0.39, 0.29) is 0 Å². The van der Waals surface area contributed by atoms with Gasteiger partial charge in [-0.05, 0) is 53.5 Å². The van der Waals surface area contributed by atoms with Gasteiger partial charge < -0.3 is 4.74 Å². The molecule has 2 heteroatoms. The fraction of sp³-hybridized carbons (Fsp3) is 0.125. The quantitative estimate of drug-likeness (QED) is 0.774. The Hall–Kier alpha value is -1.73. The summed E-state index contributed by atoms with van der Waals surface area (Å²) in [6, 6.07) is 13.8. The highest BCUT2D eigenvalue weighted by Crippen LogP contribution is 2.27. The number of methoxy groups -OCH3 is 1. The maximum absolute atomic E-state index is 5.88. The van der Waals surface area contributed by atoms with E-state index in [2.05, 4.69) is 12.6 Å². The maximum Gasteiger partial charge on any atom is 0.121 e. The molecule has 92 valence electrons. The average molecular weight is 259 g/mol. The molecule has 0 amide bonds. The Kier molecular flexibility index (Phi) is 3.73. The van der Waals surface area contributed by atoms with Crippen LogP contribution in [0.3, 0.4) is 0 Å². The predicted molar refractivity (Wildman–Crippen MR) is 77.3 cm³/mol. The zero-order valence-electron chi connectivity index (χ0n) is 10.5. The lowest BCUT2D eigenvalue weighted by atomic mass is 9.98. The van der Waals surface area contributed by atoms with Crippen molar-refractivity contribution in [3.05, 3.63) is 70.8 Å². The summed E-state index contributed by atoms with van der Waals surface area (Å²) in [6.45, 7) is 6.16. The average Bonchev–Trinajstić information content (AvgIpc) is 2.38.